The minimum atomic E-state index is -1.21. The van der Waals surface area contributed by atoms with Gasteiger partial charge in [0, 0.05) is 15.1 Å². The molecule has 0 aliphatic heterocycles. The summed E-state index contributed by atoms with van der Waals surface area (Å²) in [5.74, 6) is 0.0129. The number of hydrogen-bond acceptors (Lipinski definition) is 5. The van der Waals surface area contributed by atoms with E-state index in [2.05, 4.69) is 10.5 Å². The van der Waals surface area contributed by atoms with Gasteiger partial charge in [-0.1, -0.05) is 53.2 Å². The molecule has 1 amide bonds. The highest BCUT2D eigenvalue weighted by Gasteiger charge is 2.29. The van der Waals surface area contributed by atoms with E-state index in [1.807, 2.05) is 36.4 Å². The maximum Gasteiger partial charge on any atom is 0.257 e. The quantitative estimate of drug-likeness (QED) is 0.462. The van der Waals surface area contributed by atoms with Gasteiger partial charge in [-0.3, -0.25) is 4.79 Å². The Morgan fingerprint density at radius 1 is 1.24 bits per heavy atom. The van der Waals surface area contributed by atoms with Crippen molar-refractivity contribution < 1.29 is 14.4 Å². The van der Waals surface area contributed by atoms with Crippen LogP contribution in [0.25, 0.3) is 21.3 Å². The fourth-order valence-corrected chi connectivity index (χ4v) is 4.48. The van der Waals surface area contributed by atoms with Gasteiger partial charge in [-0.05, 0) is 37.4 Å². The second-order valence-electron chi connectivity index (χ2n) is 7.05. The molecule has 0 aliphatic carbocycles. The van der Waals surface area contributed by atoms with Crippen LogP contribution in [0.4, 0.5) is 0 Å². The SMILES string of the molecule is Cc1onc(-c2ccccc2Cl)c1C(=O)NC[C@@](C)(O)c1cc2ccccc2s1. The number of amides is 1. The lowest BCUT2D eigenvalue weighted by Gasteiger charge is -2.22. The van der Waals surface area contributed by atoms with Crippen molar-refractivity contribution in [2.75, 3.05) is 6.54 Å². The van der Waals surface area contributed by atoms with E-state index >= 15 is 0 Å². The first-order valence-corrected chi connectivity index (χ1v) is 10.3. The summed E-state index contributed by atoms with van der Waals surface area (Å²) in [6.07, 6.45) is 0. The highest BCUT2D eigenvalue weighted by molar-refractivity contribution is 7.19. The zero-order valence-electron chi connectivity index (χ0n) is 15.9. The van der Waals surface area contributed by atoms with Crippen molar-refractivity contribution in [1.82, 2.24) is 10.5 Å². The van der Waals surface area contributed by atoms with Gasteiger partial charge in [0.25, 0.3) is 5.91 Å². The minimum Gasteiger partial charge on any atom is -0.383 e. The van der Waals surface area contributed by atoms with Crippen LogP contribution in [0.5, 0.6) is 0 Å². The first kappa shape index (κ1) is 19.6. The number of nitrogens with one attached hydrogen (secondary N) is 1. The third-order valence-corrected chi connectivity index (χ3v) is 6.47. The minimum absolute atomic E-state index is 0.0469. The number of aromatic nitrogens is 1. The Kier molecular flexibility index (Phi) is 5.17. The molecule has 29 heavy (non-hydrogen) atoms. The monoisotopic (exact) mass is 426 g/mol. The number of benzene rings is 2. The molecule has 4 aromatic rings. The number of halogens is 1. The summed E-state index contributed by atoms with van der Waals surface area (Å²) in [5, 5.41) is 19.3. The van der Waals surface area contributed by atoms with Crippen molar-refractivity contribution in [3.05, 3.63) is 75.8 Å². The van der Waals surface area contributed by atoms with E-state index < -0.39 is 5.60 Å². The van der Waals surface area contributed by atoms with Gasteiger partial charge in [0.1, 0.15) is 22.6 Å². The molecule has 0 saturated heterocycles. The first-order chi connectivity index (χ1) is 13.9. The second kappa shape index (κ2) is 7.63. The van der Waals surface area contributed by atoms with Crippen molar-refractivity contribution in [2.24, 2.45) is 0 Å². The number of aliphatic hydroxyl groups is 1. The fourth-order valence-electron chi connectivity index (χ4n) is 3.15. The van der Waals surface area contributed by atoms with Crippen molar-refractivity contribution in [3.63, 3.8) is 0 Å². The Balaban J connectivity index is 1.57. The summed E-state index contributed by atoms with van der Waals surface area (Å²) in [6.45, 7) is 3.41. The standard InChI is InChI=1S/C22H19ClN2O3S/c1-13-19(20(25-28-13)15-8-4-5-9-16(15)23)21(26)24-12-22(2,27)18-11-14-7-3-6-10-17(14)29-18/h3-11,27H,12H2,1-2H3,(H,24,26)/t22-/m1/s1. The van der Waals surface area contributed by atoms with Crippen LogP contribution in [0.15, 0.2) is 59.1 Å². The van der Waals surface area contributed by atoms with E-state index in [1.54, 1.807) is 32.0 Å². The lowest BCUT2D eigenvalue weighted by molar-refractivity contribution is 0.0557. The van der Waals surface area contributed by atoms with Crippen LogP contribution >= 0.6 is 22.9 Å². The Bertz CT molecular complexity index is 1160. The van der Waals surface area contributed by atoms with Crippen LogP contribution in [0.2, 0.25) is 5.02 Å². The Hall–Kier alpha value is -2.67. The lowest BCUT2D eigenvalue weighted by atomic mass is 10.0. The molecule has 0 saturated carbocycles. The molecule has 0 radical (unpaired) electrons. The molecule has 148 valence electrons. The summed E-state index contributed by atoms with van der Waals surface area (Å²) < 4.78 is 6.34. The molecule has 0 aliphatic rings. The zero-order chi connectivity index (χ0) is 20.6. The van der Waals surface area contributed by atoms with Crippen LogP contribution in [-0.2, 0) is 5.60 Å². The summed E-state index contributed by atoms with van der Waals surface area (Å²) in [5.41, 5.74) is 0.0967. The van der Waals surface area contributed by atoms with E-state index in [9.17, 15) is 9.90 Å². The molecule has 0 unspecified atom stereocenters. The van der Waals surface area contributed by atoms with E-state index in [1.165, 1.54) is 11.3 Å². The maximum absolute atomic E-state index is 12.9. The maximum atomic E-state index is 12.9. The van der Waals surface area contributed by atoms with Crippen LogP contribution in [0.1, 0.15) is 27.9 Å². The van der Waals surface area contributed by atoms with Gasteiger partial charge in [0.15, 0.2) is 0 Å². The fraction of sp³-hybridized carbons (Fsp3) is 0.182. The number of hydrogen-bond donors (Lipinski definition) is 2. The zero-order valence-corrected chi connectivity index (χ0v) is 17.5. The molecule has 2 N–H and O–H groups in total. The molecule has 2 aromatic heterocycles. The van der Waals surface area contributed by atoms with Gasteiger partial charge in [-0.15, -0.1) is 11.3 Å². The molecule has 2 heterocycles. The summed E-state index contributed by atoms with van der Waals surface area (Å²) >= 11 is 7.77. The molecule has 0 bridgehead atoms. The van der Waals surface area contributed by atoms with Crippen LogP contribution in [-0.4, -0.2) is 22.7 Å². The molecular formula is C22H19ClN2O3S. The second-order valence-corrected chi connectivity index (χ2v) is 8.54. The Morgan fingerprint density at radius 2 is 1.97 bits per heavy atom. The molecule has 2 aromatic carbocycles. The smallest absolute Gasteiger partial charge is 0.257 e. The average molecular weight is 427 g/mol. The van der Waals surface area contributed by atoms with Gasteiger partial charge in [-0.25, -0.2) is 0 Å². The number of rotatable bonds is 5. The normalized spacial score (nSPS) is 13.4. The van der Waals surface area contributed by atoms with Crippen LogP contribution < -0.4 is 5.32 Å². The van der Waals surface area contributed by atoms with Crippen molar-refractivity contribution in [2.45, 2.75) is 19.4 Å². The van der Waals surface area contributed by atoms with Gasteiger partial charge in [-0.2, -0.15) is 0 Å². The predicted molar refractivity (Wildman–Crippen MR) is 115 cm³/mol. The summed E-state index contributed by atoms with van der Waals surface area (Å²) in [6, 6.07) is 17.0. The highest BCUT2D eigenvalue weighted by atomic mass is 35.5. The number of aryl methyl sites for hydroxylation is 1. The highest BCUT2D eigenvalue weighted by Crippen LogP contribution is 2.34. The van der Waals surface area contributed by atoms with Crippen molar-refractivity contribution >= 4 is 38.9 Å². The molecular weight excluding hydrogens is 408 g/mol. The van der Waals surface area contributed by atoms with E-state index in [0.717, 1.165) is 15.0 Å². The topological polar surface area (TPSA) is 75.4 Å². The molecule has 5 nitrogen and oxygen atoms in total. The number of nitrogens with zero attached hydrogens (tertiary/aromatic N) is 1. The molecule has 4 rings (SSSR count). The lowest BCUT2D eigenvalue weighted by Crippen LogP contribution is -2.38. The molecule has 1 atom stereocenters. The van der Waals surface area contributed by atoms with Crippen molar-refractivity contribution in [1.29, 1.82) is 0 Å². The average Bonchev–Trinajstić information content (AvgIpc) is 3.31. The largest absolute Gasteiger partial charge is 0.383 e. The van der Waals surface area contributed by atoms with Crippen LogP contribution in [0.3, 0.4) is 0 Å². The first-order valence-electron chi connectivity index (χ1n) is 9.07. The van der Waals surface area contributed by atoms with Crippen molar-refractivity contribution in [3.8, 4) is 11.3 Å². The van der Waals surface area contributed by atoms with Gasteiger partial charge in [0.05, 0.1) is 11.6 Å². The third-order valence-electron chi connectivity index (χ3n) is 4.77. The van der Waals surface area contributed by atoms with Gasteiger partial charge >= 0.3 is 0 Å². The molecule has 0 spiro atoms. The molecule has 0 fully saturated rings. The summed E-state index contributed by atoms with van der Waals surface area (Å²) in [4.78, 5) is 13.7. The van der Waals surface area contributed by atoms with Gasteiger partial charge in [0.2, 0.25) is 0 Å². The number of carbonyl (C=O) groups excluding carboxylic acids is 1. The summed E-state index contributed by atoms with van der Waals surface area (Å²) in [7, 11) is 0. The van der Waals surface area contributed by atoms with Gasteiger partial charge < -0.3 is 14.9 Å². The van der Waals surface area contributed by atoms with E-state index in [4.69, 9.17) is 16.1 Å². The van der Waals surface area contributed by atoms with E-state index in [-0.39, 0.29) is 12.5 Å². The Morgan fingerprint density at radius 3 is 2.72 bits per heavy atom. The number of thiophene rings is 1. The number of fused-ring (bicyclic) bond motifs is 1. The predicted octanol–water partition coefficient (Wildman–Crippen LogP) is 5.16. The van der Waals surface area contributed by atoms with Crippen LogP contribution in [0, 0.1) is 6.92 Å². The van der Waals surface area contributed by atoms with E-state index in [0.29, 0.717) is 27.6 Å². The third kappa shape index (κ3) is 3.79. The Labute approximate surface area is 176 Å². The number of carbonyl (C=O) groups is 1. The molecule has 7 heteroatoms.